The molecule has 1 aliphatic heterocycles. The van der Waals surface area contributed by atoms with E-state index in [1.807, 2.05) is 0 Å². The molecule has 1 fully saturated rings. The lowest BCUT2D eigenvalue weighted by Gasteiger charge is -2.10. The molecule has 2 N–H and O–H groups in total. The second-order valence-electron chi connectivity index (χ2n) is 5.04. The predicted octanol–water partition coefficient (Wildman–Crippen LogP) is 2.62. The van der Waals surface area contributed by atoms with Gasteiger partial charge < -0.3 is 15.4 Å². The molecule has 0 saturated carbocycles. The maximum atomic E-state index is 13.5. The van der Waals surface area contributed by atoms with E-state index < -0.39 is 17.7 Å². The Kier molecular flexibility index (Phi) is 4.42. The van der Waals surface area contributed by atoms with Gasteiger partial charge in [0.05, 0.1) is 5.69 Å². The van der Waals surface area contributed by atoms with Gasteiger partial charge in [0.25, 0.3) is 5.91 Å². The van der Waals surface area contributed by atoms with Gasteiger partial charge in [0, 0.05) is 12.7 Å². The van der Waals surface area contributed by atoms with Crippen LogP contribution in [0.15, 0.2) is 30.3 Å². The highest BCUT2D eigenvalue weighted by Gasteiger charge is 2.23. The topological polar surface area (TPSA) is 76.1 Å². The molecule has 0 aliphatic carbocycles. The highest BCUT2D eigenvalue weighted by Crippen LogP contribution is 2.20. The number of anilines is 3. The number of amides is 1. The van der Waals surface area contributed by atoms with Gasteiger partial charge in [-0.2, -0.15) is 0 Å². The maximum absolute atomic E-state index is 13.5. The van der Waals surface area contributed by atoms with Crippen LogP contribution in [0.1, 0.15) is 12.8 Å². The Morgan fingerprint density at radius 3 is 2.61 bits per heavy atom. The number of benzene rings is 1. The van der Waals surface area contributed by atoms with Crippen molar-refractivity contribution in [1.29, 1.82) is 0 Å². The summed E-state index contributed by atoms with van der Waals surface area (Å²) in [6.07, 6.45) is 1.08. The Balaban J connectivity index is 1.63. The van der Waals surface area contributed by atoms with E-state index in [0.29, 0.717) is 13.0 Å². The zero-order valence-corrected chi connectivity index (χ0v) is 12.1. The van der Waals surface area contributed by atoms with E-state index in [9.17, 15) is 13.6 Å². The van der Waals surface area contributed by atoms with Gasteiger partial charge in [0.15, 0.2) is 11.6 Å². The number of carbonyl (C=O) groups is 1. The van der Waals surface area contributed by atoms with Crippen molar-refractivity contribution in [2.75, 3.05) is 17.2 Å². The molecule has 1 atom stereocenters. The van der Waals surface area contributed by atoms with Crippen molar-refractivity contribution in [3.63, 3.8) is 0 Å². The lowest BCUT2D eigenvalue weighted by atomic mass is 10.2. The fraction of sp³-hybridized carbons (Fsp3) is 0.267. The van der Waals surface area contributed by atoms with Crippen LogP contribution < -0.4 is 10.6 Å². The first kappa shape index (κ1) is 15.3. The number of carbonyl (C=O) groups excluding carboxylic acids is 1. The molecule has 3 rings (SSSR count). The van der Waals surface area contributed by atoms with Crippen LogP contribution >= 0.6 is 0 Å². The number of halogens is 2. The summed E-state index contributed by atoms with van der Waals surface area (Å²) in [4.78, 5) is 11.9. The van der Waals surface area contributed by atoms with Crippen LogP contribution in [0, 0.1) is 11.6 Å². The van der Waals surface area contributed by atoms with E-state index in [4.69, 9.17) is 4.74 Å². The summed E-state index contributed by atoms with van der Waals surface area (Å²) in [6, 6.07) is 6.23. The van der Waals surface area contributed by atoms with E-state index in [-0.39, 0.29) is 23.2 Å². The van der Waals surface area contributed by atoms with Crippen molar-refractivity contribution < 1.29 is 18.3 Å². The fourth-order valence-corrected chi connectivity index (χ4v) is 2.19. The smallest absolute Gasteiger partial charge is 0.254 e. The molecule has 0 radical (unpaired) electrons. The number of hydrogen-bond acceptors (Lipinski definition) is 5. The Morgan fingerprint density at radius 2 is 1.96 bits per heavy atom. The van der Waals surface area contributed by atoms with Crippen molar-refractivity contribution in [2.45, 2.75) is 18.9 Å². The number of rotatable bonds is 4. The zero-order valence-electron chi connectivity index (χ0n) is 12.1. The molecule has 1 aromatic heterocycles. The van der Waals surface area contributed by atoms with E-state index in [1.165, 1.54) is 18.2 Å². The molecule has 2 aromatic rings. The first-order chi connectivity index (χ1) is 11.1. The number of aromatic nitrogens is 2. The molecule has 1 aromatic carbocycles. The van der Waals surface area contributed by atoms with Crippen molar-refractivity contribution in [1.82, 2.24) is 10.2 Å². The van der Waals surface area contributed by atoms with Gasteiger partial charge in [0.1, 0.15) is 17.7 Å². The van der Waals surface area contributed by atoms with Crippen LogP contribution in [0.3, 0.4) is 0 Å². The van der Waals surface area contributed by atoms with Crippen molar-refractivity contribution in [3.8, 4) is 0 Å². The molecular weight excluding hydrogens is 306 g/mol. The van der Waals surface area contributed by atoms with Crippen LogP contribution in [-0.2, 0) is 9.53 Å². The highest BCUT2D eigenvalue weighted by atomic mass is 19.1. The number of hydrogen-bond donors (Lipinski definition) is 2. The minimum Gasteiger partial charge on any atom is -0.368 e. The average Bonchev–Trinajstić information content (AvgIpc) is 3.06. The summed E-state index contributed by atoms with van der Waals surface area (Å²) >= 11 is 0. The molecule has 1 aliphatic rings. The molecular formula is C15H14F2N4O2. The zero-order chi connectivity index (χ0) is 16.2. The van der Waals surface area contributed by atoms with Crippen LogP contribution in [0.4, 0.5) is 26.1 Å². The highest BCUT2D eigenvalue weighted by molar-refractivity contribution is 5.93. The summed E-state index contributed by atoms with van der Waals surface area (Å²) < 4.78 is 31.6. The second kappa shape index (κ2) is 6.66. The Hall–Kier alpha value is -2.61. The predicted molar refractivity (Wildman–Crippen MR) is 79.3 cm³/mol. The summed E-state index contributed by atoms with van der Waals surface area (Å²) in [7, 11) is 0. The van der Waals surface area contributed by atoms with Gasteiger partial charge in [-0.1, -0.05) is 0 Å². The van der Waals surface area contributed by atoms with E-state index >= 15 is 0 Å². The van der Waals surface area contributed by atoms with Gasteiger partial charge in [-0.05, 0) is 37.1 Å². The SMILES string of the molecule is O=C(Nc1ccc(Nc2ccc(F)cc2F)nn1)C1CCCO1. The van der Waals surface area contributed by atoms with Crippen LogP contribution in [0.5, 0.6) is 0 Å². The molecule has 23 heavy (non-hydrogen) atoms. The minimum absolute atomic E-state index is 0.0804. The molecule has 120 valence electrons. The van der Waals surface area contributed by atoms with Gasteiger partial charge in [-0.15, -0.1) is 10.2 Å². The number of ether oxygens (including phenoxy) is 1. The number of nitrogens with one attached hydrogen (secondary N) is 2. The van der Waals surface area contributed by atoms with Crippen LogP contribution in [-0.4, -0.2) is 28.8 Å². The van der Waals surface area contributed by atoms with E-state index in [1.54, 1.807) is 0 Å². The Morgan fingerprint density at radius 1 is 1.17 bits per heavy atom. The summed E-state index contributed by atoms with van der Waals surface area (Å²) in [6.45, 7) is 0.579. The normalized spacial score (nSPS) is 17.0. The fourth-order valence-electron chi connectivity index (χ4n) is 2.19. The summed E-state index contributed by atoms with van der Waals surface area (Å²) in [5.74, 6) is -1.11. The van der Waals surface area contributed by atoms with Crippen molar-refractivity contribution in [3.05, 3.63) is 42.0 Å². The molecule has 1 unspecified atom stereocenters. The maximum Gasteiger partial charge on any atom is 0.254 e. The average molecular weight is 320 g/mol. The lowest BCUT2D eigenvalue weighted by molar-refractivity contribution is -0.124. The summed E-state index contributed by atoms with van der Waals surface area (Å²) in [5, 5.41) is 13.0. The van der Waals surface area contributed by atoms with Crippen molar-refractivity contribution in [2.24, 2.45) is 0 Å². The molecule has 0 spiro atoms. The van der Waals surface area contributed by atoms with Gasteiger partial charge >= 0.3 is 0 Å². The molecule has 2 heterocycles. The summed E-state index contributed by atoms with van der Waals surface area (Å²) in [5.41, 5.74) is 0.0804. The molecule has 1 amide bonds. The van der Waals surface area contributed by atoms with Crippen LogP contribution in [0.2, 0.25) is 0 Å². The second-order valence-corrected chi connectivity index (χ2v) is 5.04. The minimum atomic E-state index is -0.734. The Bertz CT molecular complexity index is 703. The third kappa shape index (κ3) is 3.78. The number of nitrogens with zero attached hydrogens (tertiary/aromatic N) is 2. The van der Waals surface area contributed by atoms with Crippen LogP contribution in [0.25, 0.3) is 0 Å². The lowest BCUT2D eigenvalue weighted by Crippen LogP contribution is -2.27. The molecule has 0 bridgehead atoms. The Labute approximate surface area is 130 Å². The van der Waals surface area contributed by atoms with E-state index in [2.05, 4.69) is 20.8 Å². The first-order valence-corrected chi connectivity index (χ1v) is 7.10. The quantitative estimate of drug-likeness (QED) is 0.905. The first-order valence-electron chi connectivity index (χ1n) is 7.10. The van der Waals surface area contributed by atoms with E-state index in [0.717, 1.165) is 18.6 Å². The van der Waals surface area contributed by atoms with Crippen molar-refractivity contribution >= 4 is 23.2 Å². The van der Waals surface area contributed by atoms with Gasteiger partial charge in [-0.25, -0.2) is 8.78 Å². The largest absolute Gasteiger partial charge is 0.368 e. The van der Waals surface area contributed by atoms with Gasteiger partial charge in [0.2, 0.25) is 0 Å². The standard InChI is InChI=1S/C15H14F2N4O2/c16-9-3-4-11(10(17)8-9)18-13-5-6-14(21-20-13)19-15(22)12-2-1-7-23-12/h3-6,8,12H,1-2,7H2,(H,18,20)(H,19,21,22). The van der Waals surface area contributed by atoms with Gasteiger partial charge in [-0.3, -0.25) is 4.79 Å². The molecule has 8 heteroatoms. The third-order valence-electron chi connectivity index (χ3n) is 3.33. The molecule has 6 nitrogen and oxygen atoms in total. The molecule has 1 saturated heterocycles. The monoisotopic (exact) mass is 320 g/mol. The third-order valence-corrected chi connectivity index (χ3v) is 3.33.